The summed E-state index contributed by atoms with van der Waals surface area (Å²) >= 11 is 1.66. The van der Waals surface area contributed by atoms with Crippen LogP contribution in [-0.2, 0) is 0 Å². The van der Waals surface area contributed by atoms with Crippen molar-refractivity contribution in [2.45, 2.75) is 53.0 Å². The van der Waals surface area contributed by atoms with Crippen LogP contribution in [0.25, 0.3) is 5.57 Å². The van der Waals surface area contributed by atoms with Gasteiger partial charge in [-0.25, -0.2) is 0 Å². The lowest BCUT2D eigenvalue weighted by atomic mass is 10.0. The predicted molar refractivity (Wildman–Crippen MR) is 138 cm³/mol. The molecule has 0 fully saturated rings. The van der Waals surface area contributed by atoms with Crippen LogP contribution in [-0.4, -0.2) is 43.2 Å². The van der Waals surface area contributed by atoms with E-state index < -0.39 is 0 Å². The molecule has 0 heterocycles. The molecule has 30 heavy (non-hydrogen) atoms. The summed E-state index contributed by atoms with van der Waals surface area (Å²) in [6.45, 7) is 22.8. The monoisotopic (exact) mass is 429 g/mol. The van der Waals surface area contributed by atoms with Crippen LogP contribution < -0.4 is 16.1 Å². The Balaban J connectivity index is 2.31. The van der Waals surface area contributed by atoms with E-state index in [9.17, 15) is 0 Å². The number of benzene rings is 1. The van der Waals surface area contributed by atoms with E-state index in [1.54, 1.807) is 11.8 Å². The van der Waals surface area contributed by atoms with Gasteiger partial charge in [0.15, 0.2) is 0 Å². The Kier molecular flexibility index (Phi) is 12.9. The van der Waals surface area contributed by atoms with Crippen LogP contribution in [0.5, 0.6) is 0 Å². The van der Waals surface area contributed by atoms with E-state index in [1.165, 1.54) is 22.4 Å². The Morgan fingerprint density at radius 1 is 1.20 bits per heavy atom. The van der Waals surface area contributed by atoms with Gasteiger partial charge in [-0.1, -0.05) is 32.2 Å². The fourth-order valence-electron chi connectivity index (χ4n) is 2.75. The Morgan fingerprint density at radius 3 is 2.63 bits per heavy atom. The molecule has 166 valence electrons. The molecule has 0 aromatic heterocycles. The standard InChI is InChI=1S/C24H39N5S/c1-8-18(3)22-12-11-19(4)23(17-22)28-20(5)13-15-26-14-10-16-30-24(21(6)25-7)29-27-9-2/h11-12,17,20,26-28H,3,6-10,13-16H2,1-2,4-5H3/b29-24+. The number of nitrogens with one attached hydrogen (secondary N) is 3. The lowest BCUT2D eigenvalue weighted by Crippen LogP contribution is -2.25. The summed E-state index contributed by atoms with van der Waals surface area (Å²) in [5.74, 6) is 0.965. The number of rotatable bonds is 15. The number of allylic oxidation sites excluding steroid dienone is 1. The van der Waals surface area contributed by atoms with E-state index in [0.29, 0.717) is 11.7 Å². The number of thioether (sulfide) groups is 1. The summed E-state index contributed by atoms with van der Waals surface area (Å²) in [6, 6.07) is 6.95. The van der Waals surface area contributed by atoms with E-state index in [-0.39, 0.29) is 0 Å². The molecular formula is C24H39N5S. The van der Waals surface area contributed by atoms with Gasteiger partial charge in [0.05, 0.1) is 5.70 Å². The summed E-state index contributed by atoms with van der Waals surface area (Å²) in [5, 5.41) is 12.3. The predicted octanol–water partition coefficient (Wildman–Crippen LogP) is 5.46. The molecule has 1 atom stereocenters. The number of nitrogens with zero attached hydrogens (tertiary/aromatic N) is 2. The molecule has 0 radical (unpaired) electrons. The van der Waals surface area contributed by atoms with Crippen LogP contribution in [0.15, 0.2) is 47.1 Å². The van der Waals surface area contributed by atoms with Crippen molar-refractivity contribution in [1.82, 2.24) is 10.7 Å². The zero-order valence-corrected chi connectivity index (χ0v) is 20.0. The SMILES string of the molecule is C=NC(=C)/C(=N\NCC)SCCCNCCC(C)Nc1cc(C(=C)CC)ccc1C. The topological polar surface area (TPSA) is 60.8 Å². The van der Waals surface area contributed by atoms with Gasteiger partial charge in [-0.2, -0.15) is 5.10 Å². The third-order valence-corrected chi connectivity index (χ3v) is 5.83. The lowest BCUT2D eigenvalue weighted by molar-refractivity contribution is 0.605. The molecule has 1 aromatic carbocycles. The van der Waals surface area contributed by atoms with E-state index in [4.69, 9.17) is 0 Å². The first-order valence-electron chi connectivity index (χ1n) is 10.8. The second kappa shape index (κ2) is 14.9. The molecule has 0 amide bonds. The zero-order valence-electron chi connectivity index (χ0n) is 19.2. The zero-order chi connectivity index (χ0) is 22.4. The van der Waals surface area contributed by atoms with Crippen LogP contribution >= 0.6 is 11.8 Å². The fourth-order valence-corrected chi connectivity index (χ4v) is 3.59. The fraction of sp³-hybridized carbons (Fsp3) is 0.500. The second-order valence-electron chi connectivity index (χ2n) is 7.31. The van der Waals surface area contributed by atoms with Gasteiger partial charge in [-0.15, -0.1) is 11.8 Å². The quantitative estimate of drug-likeness (QED) is 0.150. The van der Waals surface area contributed by atoms with Crippen LogP contribution in [0.1, 0.15) is 51.2 Å². The summed E-state index contributed by atoms with van der Waals surface area (Å²) in [4.78, 5) is 3.89. The second-order valence-corrected chi connectivity index (χ2v) is 8.39. The van der Waals surface area contributed by atoms with Gasteiger partial charge in [0.1, 0.15) is 5.04 Å². The molecule has 0 saturated carbocycles. The van der Waals surface area contributed by atoms with Crippen molar-refractivity contribution in [3.8, 4) is 0 Å². The van der Waals surface area contributed by atoms with Crippen LogP contribution in [0.2, 0.25) is 0 Å². The smallest absolute Gasteiger partial charge is 0.141 e. The highest BCUT2D eigenvalue weighted by atomic mass is 32.2. The lowest BCUT2D eigenvalue weighted by Gasteiger charge is -2.18. The molecule has 0 bridgehead atoms. The van der Waals surface area contributed by atoms with E-state index in [1.807, 2.05) is 6.92 Å². The Labute approximate surface area is 187 Å². The van der Waals surface area contributed by atoms with Crippen molar-refractivity contribution >= 4 is 34.8 Å². The Hall–Kier alpha value is -2.05. The maximum atomic E-state index is 4.30. The summed E-state index contributed by atoms with van der Waals surface area (Å²) in [6.07, 6.45) is 3.10. The molecule has 0 aliphatic carbocycles. The van der Waals surface area contributed by atoms with Gasteiger partial charge < -0.3 is 16.1 Å². The first-order chi connectivity index (χ1) is 14.4. The van der Waals surface area contributed by atoms with Gasteiger partial charge in [-0.05, 0) is 82.6 Å². The average molecular weight is 430 g/mol. The first kappa shape index (κ1) is 26.0. The number of anilines is 1. The molecule has 0 saturated heterocycles. The summed E-state index contributed by atoms with van der Waals surface area (Å²) in [5.41, 5.74) is 8.46. The molecule has 1 unspecified atom stereocenters. The highest BCUT2D eigenvalue weighted by molar-refractivity contribution is 8.14. The van der Waals surface area contributed by atoms with Gasteiger partial charge in [0, 0.05) is 24.0 Å². The van der Waals surface area contributed by atoms with Gasteiger partial charge in [-0.3, -0.25) is 4.99 Å². The maximum absolute atomic E-state index is 4.30. The Morgan fingerprint density at radius 2 is 1.97 bits per heavy atom. The summed E-state index contributed by atoms with van der Waals surface area (Å²) in [7, 11) is 0. The molecule has 0 aliphatic heterocycles. The van der Waals surface area contributed by atoms with E-state index in [2.05, 4.69) is 85.0 Å². The molecule has 5 nitrogen and oxygen atoms in total. The third-order valence-electron chi connectivity index (χ3n) is 4.74. The van der Waals surface area contributed by atoms with E-state index >= 15 is 0 Å². The average Bonchev–Trinajstić information content (AvgIpc) is 2.75. The number of aliphatic imine (C=N–C) groups is 1. The van der Waals surface area contributed by atoms with Crippen molar-refractivity contribution in [3.05, 3.63) is 48.2 Å². The molecule has 0 spiro atoms. The van der Waals surface area contributed by atoms with Crippen LogP contribution in [0, 0.1) is 6.92 Å². The highest BCUT2D eigenvalue weighted by Gasteiger charge is 2.07. The van der Waals surface area contributed by atoms with Crippen molar-refractivity contribution in [2.75, 3.05) is 30.7 Å². The molecule has 3 N–H and O–H groups in total. The van der Waals surface area contributed by atoms with Crippen molar-refractivity contribution < 1.29 is 0 Å². The van der Waals surface area contributed by atoms with E-state index in [0.717, 1.165) is 49.7 Å². The molecule has 1 rings (SSSR count). The normalized spacial score (nSPS) is 12.3. The number of hydrogen-bond acceptors (Lipinski definition) is 6. The van der Waals surface area contributed by atoms with Crippen molar-refractivity contribution in [3.63, 3.8) is 0 Å². The van der Waals surface area contributed by atoms with Crippen molar-refractivity contribution in [2.24, 2.45) is 10.1 Å². The van der Waals surface area contributed by atoms with Crippen molar-refractivity contribution in [1.29, 1.82) is 0 Å². The maximum Gasteiger partial charge on any atom is 0.141 e. The number of hydrazone groups is 1. The van der Waals surface area contributed by atoms with Gasteiger partial charge in [0.25, 0.3) is 0 Å². The van der Waals surface area contributed by atoms with Gasteiger partial charge >= 0.3 is 0 Å². The van der Waals surface area contributed by atoms with Crippen LogP contribution in [0.4, 0.5) is 5.69 Å². The molecule has 6 heteroatoms. The number of hydrogen-bond donors (Lipinski definition) is 3. The number of aryl methyl sites for hydroxylation is 1. The first-order valence-corrected chi connectivity index (χ1v) is 11.8. The Bertz CT molecular complexity index is 726. The largest absolute Gasteiger partial charge is 0.382 e. The minimum Gasteiger partial charge on any atom is -0.382 e. The summed E-state index contributed by atoms with van der Waals surface area (Å²) < 4.78 is 0. The van der Waals surface area contributed by atoms with Crippen LogP contribution in [0.3, 0.4) is 0 Å². The molecule has 0 aliphatic rings. The van der Waals surface area contributed by atoms with Gasteiger partial charge in [0.2, 0.25) is 0 Å². The molecular weight excluding hydrogens is 390 g/mol. The molecule has 1 aromatic rings. The minimum absolute atomic E-state index is 0.400. The highest BCUT2D eigenvalue weighted by Crippen LogP contribution is 2.24. The minimum atomic E-state index is 0.400. The third kappa shape index (κ3) is 9.63.